The summed E-state index contributed by atoms with van der Waals surface area (Å²) in [5.41, 5.74) is 7.23. The lowest BCUT2D eigenvalue weighted by Gasteiger charge is -2.34. The molecule has 1 aliphatic rings. The minimum Gasteiger partial charge on any atom is -0.351 e. The second kappa shape index (κ2) is 9.13. The van der Waals surface area contributed by atoms with Crippen LogP contribution in [0, 0.1) is 5.92 Å². The molecule has 1 aromatic carbocycles. The summed E-state index contributed by atoms with van der Waals surface area (Å²) in [5.74, 6) is 0.158. The molecule has 1 saturated heterocycles. The maximum Gasteiger partial charge on any atom is 0.237 e. The number of benzene rings is 1. The van der Waals surface area contributed by atoms with Crippen molar-refractivity contribution >= 4 is 18.3 Å². The number of carbonyl (C=O) groups is 1. The van der Waals surface area contributed by atoms with E-state index in [4.69, 9.17) is 5.73 Å². The molecule has 0 radical (unpaired) electrons. The first-order chi connectivity index (χ1) is 10.1. The second-order valence-electron chi connectivity index (χ2n) is 6.34. The third kappa shape index (κ3) is 5.59. The van der Waals surface area contributed by atoms with E-state index in [0.717, 1.165) is 32.5 Å². The van der Waals surface area contributed by atoms with E-state index in [0.29, 0.717) is 0 Å². The zero-order chi connectivity index (χ0) is 15.2. The molecule has 22 heavy (non-hydrogen) atoms. The molecular weight excluding hydrogens is 298 g/mol. The SMILES string of the molecule is CC(C)[C@H](N)C(=O)NC1CCCN(Cc2ccccc2)C1.Cl. The van der Waals surface area contributed by atoms with Crippen LogP contribution in [0.4, 0.5) is 0 Å². The Kier molecular flexibility index (Phi) is 7.87. The molecule has 2 atom stereocenters. The number of rotatable bonds is 5. The molecule has 5 heteroatoms. The molecule has 1 heterocycles. The largest absolute Gasteiger partial charge is 0.351 e. The summed E-state index contributed by atoms with van der Waals surface area (Å²) in [4.78, 5) is 14.5. The summed E-state index contributed by atoms with van der Waals surface area (Å²) in [5, 5.41) is 3.11. The predicted octanol–water partition coefficient (Wildman–Crippen LogP) is 2.17. The number of piperidine rings is 1. The van der Waals surface area contributed by atoms with E-state index in [1.807, 2.05) is 19.9 Å². The monoisotopic (exact) mass is 325 g/mol. The molecule has 1 aromatic rings. The van der Waals surface area contributed by atoms with Crippen LogP contribution in [0.25, 0.3) is 0 Å². The van der Waals surface area contributed by atoms with Gasteiger partial charge in [-0.25, -0.2) is 0 Å². The summed E-state index contributed by atoms with van der Waals surface area (Å²) >= 11 is 0. The van der Waals surface area contributed by atoms with Gasteiger partial charge < -0.3 is 11.1 Å². The van der Waals surface area contributed by atoms with Crippen molar-refractivity contribution in [1.29, 1.82) is 0 Å². The van der Waals surface area contributed by atoms with Gasteiger partial charge >= 0.3 is 0 Å². The lowest BCUT2D eigenvalue weighted by Crippen LogP contribution is -2.52. The van der Waals surface area contributed by atoms with Gasteiger partial charge in [-0.3, -0.25) is 9.69 Å². The van der Waals surface area contributed by atoms with Crippen molar-refractivity contribution in [3.05, 3.63) is 35.9 Å². The highest BCUT2D eigenvalue weighted by Crippen LogP contribution is 2.14. The van der Waals surface area contributed by atoms with Gasteiger partial charge in [0.15, 0.2) is 0 Å². The number of amides is 1. The number of halogens is 1. The van der Waals surface area contributed by atoms with E-state index in [2.05, 4.69) is 34.5 Å². The van der Waals surface area contributed by atoms with Gasteiger partial charge in [-0.15, -0.1) is 12.4 Å². The third-order valence-corrected chi connectivity index (χ3v) is 4.12. The fraction of sp³-hybridized carbons (Fsp3) is 0.588. The van der Waals surface area contributed by atoms with Gasteiger partial charge in [0.1, 0.15) is 0 Å². The van der Waals surface area contributed by atoms with Crippen LogP contribution in [0.2, 0.25) is 0 Å². The molecule has 1 unspecified atom stereocenters. The van der Waals surface area contributed by atoms with Gasteiger partial charge in [-0.05, 0) is 30.9 Å². The Morgan fingerprint density at radius 1 is 1.36 bits per heavy atom. The van der Waals surface area contributed by atoms with Gasteiger partial charge in [0.25, 0.3) is 0 Å². The Labute approximate surface area is 139 Å². The van der Waals surface area contributed by atoms with Crippen molar-refractivity contribution < 1.29 is 4.79 Å². The number of likely N-dealkylation sites (tertiary alicyclic amines) is 1. The molecule has 3 N–H and O–H groups in total. The quantitative estimate of drug-likeness (QED) is 0.872. The summed E-state index contributed by atoms with van der Waals surface area (Å²) in [7, 11) is 0. The minimum absolute atomic E-state index is 0. The minimum atomic E-state index is -0.408. The number of nitrogens with zero attached hydrogens (tertiary/aromatic N) is 1. The van der Waals surface area contributed by atoms with E-state index in [1.54, 1.807) is 0 Å². The van der Waals surface area contributed by atoms with E-state index in [9.17, 15) is 4.79 Å². The zero-order valence-electron chi connectivity index (χ0n) is 13.5. The van der Waals surface area contributed by atoms with Crippen LogP contribution in [-0.4, -0.2) is 36.0 Å². The average molecular weight is 326 g/mol. The highest BCUT2D eigenvalue weighted by Gasteiger charge is 2.24. The Balaban J connectivity index is 0.00000242. The molecule has 2 rings (SSSR count). The second-order valence-corrected chi connectivity index (χ2v) is 6.34. The van der Waals surface area contributed by atoms with Crippen LogP contribution in [0.1, 0.15) is 32.3 Å². The molecule has 0 aliphatic carbocycles. The Bertz CT molecular complexity index is 452. The van der Waals surface area contributed by atoms with Crippen LogP contribution >= 0.6 is 12.4 Å². The highest BCUT2D eigenvalue weighted by atomic mass is 35.5. The van der Waals surface area contributed by atoms with Crippen LogP contribution in [-0.2, 0) is 11.3 Å². The topological polar surface area (TPSA) is 58.4 Å². The highest BCUT2D eigenvalue weighted by molar-refractivity contribution is 5.85. The zero-order valence-corrected chi connectivity index (χ0v) is 14.3. The van der Waals surface area contributed by atoms with Crippen LogP contribution in [0.3, 0.4) is 0 Å². The van der Waals surface area contributed by atoms with Gasteiger partial charge in [-0.2, -0.15) is 0 Å². The smallest absolute Gasteiger partial charge is 0.237 e. The standard InChI is InChI=1S/C17H27N3O.ClH/c1-13(2)16(18)17(21)19-15-9-6-10-20(12-15)11-14-7-4-3-5-8-14;/h3-5,7-8,13,15-16H,6,9-12,18H2,1-2H3,(H,19,21);1H/t15?,16-;/m0./s1. The number of hydrogen-bond donors (Lipinski definition) is 2. The molecule has 0 saturated carbocycles. The van der Waals surface area contributed by atoms with E-state index >= 15 is 0 Å². The normalized spacial score (nSPS) is 20.3. The third-order valence-electron chi connectivity index (χ3n) is 4.12. The maximum atomic E-state index is 12.1. The van der Waals surface area contributed by atoms with Crippen LogP contribution < -0.4 is 11.1 Å². The maximum absolute atomic E-state index is 12.1. The van der Waals surface area contributed by atoms with Gasteiger partial charge in [0.05, 0.1) is 6.04 Å². The van der Waals surface area contributed by atoms with Crippen molar-refractivity contribution in [3.8, 4) is 0 Å². The van der Waals surface area contributed by atoms with Crippen LogP contribution in [0.5, 0.6) is 0 Å². The Morgan fingerprint density at radius 2 is 2.05 bits per heavy atom. The summed E-state index contributed by atoms with van der Waals surface area (Å²) in [6, 6.07) is 10.3. The van der Waals surface area contributed by atoms with Crippen molar-refractivity contribution in [2.75, 3.05) is 13.1 Å². The first-order valence-corrected chi connectivity index (χ1v) is 7.88. The lowest BCUT2D eigenvalue weighted by atomic mass is 10.0. The first-order valence-electron chi connectivity index (χ1n) is 7.88. The number of carbonyl (C=O) groups excluding carboxylic acids is 1. The summed E-state index contributed by atoms with van der Waals surface area (Å²) in [6.45, 7) is 6.91. The van der Waals surface area contributed by atoms with Crippen LogP contribution in [0.15, 0.2) is 30.3 Å². The fourth-order valence-electron chi connectivity index (χ4n) is 2.76. The lowest BCUT2D eigenvalue weighted by molar-refractivity contribution is -0.124. The van der Waals surface area contributed by atoms with E-state index < -0.39 is 6.04 Å². The van der Waals surface area contributed by atoms with Gasteiger partial charge in [0.2, 0.25) is 5.91 Å². The molecule has 1 aliphatic heterocycles. The molecule has 4 nitrogen and oxygen atoms in total. The first kappa shape index (κ1) is 18.9. The summed E-state index contributed by atoms with van der Waals surface area (Å²) < 4.78 is 0. The molecule has 0 aromatic heterocycles. The van der Waals surface area contributed by atoms with Crippen molar-refractivity contribution in [2.24, 2.45) is 11.7 Å². The Hall–Kier alpha value is -1.10. The van der Waals surface area contributed by atoms with Crippen molar-refractivity contribution in [3.63, 3.8) is 0 Å². The number of nitrogens with two attached hydrogens (primary N) is 1. The van der Waals surface area contributed by atoms with Gasteiger partial charge in [-0.1, -0.05) is 44.2 Å². The summed E-state index contributed by atoms with van der Waals surface area (Å²) in [6.07, 6.45) is 2.16. The van der Waals surface area contributed by atoms with Crippen molar-refractivity contribution in [1.82, 2.24) is 10.2 Å². The average Bonchev–Trinajstić information content (AvgIpc) is 2.47. The molecule has 0 spiro atoms. The molecular formula is C17H28ClN3O. The van der Waals surface area contributed by atoms with E-state index in [1.165, 1.54) is 5.56 Å². The molecule has 0 bridgehead atoms. The van der Waals surface area contributed by atoms with Gasteiger partial charge in [0, 0.05) is 19.1 Å². The van der Waals surface area contributed by atoms with Crippen molar-refractivity contribution in [2.45, 2.75) is 45.3 Å². The molecule has 124 valence electrons. The number of nitrogens with one attached hydrogen (secondary N) is 1. The predicted molar refractivity (Wildman–Crippen MR) is 92.9 cm³/mol. The number of hydrogen-bond acceptors (Lipinski definition) is 3. The fourth-order valence-corrected chi connectivity index (χ4v) is 2.76. The van der Waals surface area contributed by atoms with E-state index in [-0.39, 0.29) is 30.3 Å². The molecule has 1 fully saturated rings. The Morgan fingerprint density at radius 3 is 2.68 bits per heavy atom. The molecule has 1 amide bonds.